The quantitative estimate of drug-likeness (QED) is 0.409. The first-order valence-electron chi connectivity index (χ1n) is 10.7. The molecular formula is C23H34N6. The molecule has 1 aromatic heterocycles. The van der Waals surface area contributed by atoms with Crippen molar-refractivity contribution in [3.05, 3.63) is 66.0 Å². The van der Waals surface area contributed by atoms with Crippen molar-refractivity contribution in [2.75, 3.05) is 46.3 Å². The minimum absolute atomic E-state index is 0.473. The zero-order chi connectivity index (χ0) is 20.3. The number of hydrogen-bond acceptors (Lipinski definition) is 4. The Morgan fingerprint density at radius 2 is 1.93 bits per heavy atom. The van der Waals surface area contributed by atoms with E-state index in [0.29, 0.717) is 12.6 Å². The monoisotopic (exact) mass is 394 g/mol. The highest BCUT2D eigenvalue weighted by Gasteiger charge is 2.25. The van der Waals surface area contributed by atoms with Crippen LogP contribution in [0.2, 0.25) is 0 Å². The van der Waals surface area contributed by atoms with Gasteiger partial charge in [0, 0.05) is 51.5 Å². The second-order valence-electron chi connectivity index (χ2n) is 7.52. The van der Waals surface area contributed by atoms with Crippen molar-refractivity contribution in [1.82, 2.24) is 25.4 Å². The Labute approximate surface area is 175 Å². The summed E-state index contributed by atoms with van der Waals surface area (Å²) in [6, 6.07) is 17.3. The van der Waals surface area contributed by atoms with Crippen molar-refractivity contribution in [2.24, 2.45) is 4.99 Å². The molecule has 0 radical (unpaired) electrons. The predicted octanol–water partition coefficient (Wildman–Crippen LogP) is 2.52. The molecule has 1 aromatic carbocycles. The fourth-order valence-electron chi connectivity index (χ4n) is 3.70. The first-order chi connectivity index (χ1) is 14.3. The summed E-state index contributed by atoms with van der Waals surface area (Å²) in [6.07, 6.45) is 2.89. The molecule has 2 aromatic rings. The van der Waals surface area contributed by atoms with Crippen LogP contribution in [-0.4, -0.2) is 67.1 Å². The maximum absolute atomic E-state index is 4.65. The minimum Gasteiger partial charge on any atom is -0.357 e. The van der Waals surface area contributed by atoms with Gasteiger partial charge >= 0.3 is 0 Å². The van der Waals surface area contributed by atoms with E-state index in [9.17, 15) is 0 Å². The molecule has 1 aliphatic rings. The molecule has 2 N–H and O–H groups in total. The zero-order valence-corrected chi connectivity index (χ0v) is 17.7. The maximum atomic E-state index is 4.65. The van der Waals surface area contributed by atoms with Crippen LogP contribution in [0.1, 0.15) is 30.6 Å². The highest BCUT2D eigenvalue weighted by atomic mass is 15.3. The number of nitrogens with one attached hydrogen (secondary N) is 2. The van der Waals surface area contributed by atoms with Crippen molar-refractivity contribution >= 4 is 5.96 Å². The summed E-state index contributed by atoms with van der Waals surface area (Å²) in [6.45, 7) is 8.85. The fourth-order valence-corrected chi connectivity index (χ4v) is 3.70. The third-order valence-electron chi connectivity index (χ3n) is 5.26. The SMILES string of the molecule is CCNC(=NCc1ccccn1)NCCCN1CCN(C)CC1c1ccccc1. The molecule has 0 saturated carbocycles. The summed E-state index contributed by atoms with van der Waals surface area (Å²) in [7, 11) is 2.22. The Balaban J connectivity index is 1.49. The van der Waals surface area contributed by atoms with Crippen LogP contribution >= 0.6 is 0 Å². The van der Waals surface area contributed by atoms with Crippen LogP contribution in [0.15, 0.2) is 59.7 Å². The van der Waals surface area contributed by atoms with Gasteiger partial charge in [-0.1, -0.05) is 36.4 Å². The Kier molecular flexibility index (Phi) is 8.46. The Bertz CT molecular complexity index is 734. The molecule has 0 bridgehead atoms. The van der Waals surface area contributed by atoms with Gasteiger partial charge in [-0.05, 0) is 38.1 Å². The molecule has 156 valence electrons. The summed E-state index contributed by atoms with van der Waals surface area (Å²) >= 11 is 0. The molecule has 1 unspecified atom stereocenters. The van der Waals surface area contributed by atoms with Crippen LogP contribution in [0.5, 0.6) is 0 Å². The lowest BCUT2D eigenvalue weighted by molar-refractivity contribution is 0.0891. The Hall–Kier alpha value is -2.44. The van der Waals surface area contributed by atoms with Gasteiger partial charge < -0.3 is 15.5 Å². The number of aliphatic imine (C=N–C) groups is 1. The minimum atomic E-state index is 0.473. The maximum Gasteiger partial charge on any atom is 0.191 e. The first kappa shape index (κ1) is 21.3. The van der Waals surface area contributed by atoms with Gasteiger partial charge in [0.2, 0.25) is 0 Å². The van der Waals surface area contributed by atoms with Gasteiger partial charge in [-0.2, -0.15) is 0 Å². The van der Waals surface area contributed by atoms with Crippen LogP contribution in [0, 0.1) is 0 Å². The van der Waals surface area contributed by atoms with Gasteiger partial charge in [0.25, 0.3) is 0 Å². The molecule has 29 heavy (non-hydrogen) atoms. The second-order valence-corrected chi connectivity index (χ2v) is 7.52. The van der Waals surface area contributed by atoms with E-state index in [1.807, 2.05) is 24.4 Å². The molecule has 2 heterocycles. The average molecular weight is 395 g/mol. The number of nitrogens with zero attached hydrogens (tertiary/aromatic N) is 4. The highest BCUT2D eigenvalue weighted by molar-refractivity contribution is 5.79. The van der Waals surface area contributed by atoms with Crippen LogP contribution in [0.25, 0.3) is 0 Å². The summed E-state index contributed by atoms with van der Waals surface area (Å²) in [5, 5.41) is 6.79. The number of aromatic nitrogens is 1. The fraction of sp³-hybridized carbons (Fsp3) is 0.478. The van der Waals surface area contributed by atoms with E-state index in [-0.39, 0.29) is 0 Å². The van der Waals surface area contributed by atoms with Crippen LogP contribution < -0.4 is 10.6 Å². The van der Waals surface area contributed by atoms with Gasteiger partial charge in [-0.15, -0.1) is 0 Å². The molecule has 6 nitrogen and oxygen atoms in total. The van der Waals surface area contributed by atoms with Crippen molar-refractivity contribution in [2.45, 2.75) is 25.9 Å². The number of piperazine rings is 1. The smallest absolute Gasteiger partial charge is 0.191 e. The van der Waals surface area contributed by atoms with Gasteiger partial charge in [0.15, 0.2) is 5.96 Å². The molecule has 1 atom stereocenters. The van der Waals surface area contributed by atoms with E-state index >= 15 is 0 Å². The Morgan fingerprint density at radius 3 is 2.69 bits per heavy atom. The van der Waals surface area contributed by atoms with E-state index < -0.39 is 0 Å². The van der Waals surface area contributed by atoms with Gasteiger partial charge in [-0.3, -0.25) is 9.88 Å². The van der Waals surface area contributed by atoms with Gasteiger partial charge in [-0.25, -0.2) is 4.99 Å². The van der Waals surface area contributed by atoms with E-state index in [4.69, 9.17) is 0 Å². The summed E-state index contributed by atoms with van der Waals surface area (Å²) in [4.78, 5) is 14.0. The third kappa shape index (κ3) is 6.84. The number of pyridine rings is 1. The highest BCUT2D eigenvalue weighted by Crippen LogP contribution is 2.24. The molecular weight excluding hydrogens is 360 g/mol. The van der Waals surface area contributed by atoms with Crippen molar-refractivity contribution in [3.8, 4) is 0 Å². The Morgan fingerprint density at radius 1 is 1.10 bits per heavy atom. The summed E-state index contributed by atoms with van der Waals surface area (Å²) in [5.41, 5.74) is 2.39. The molecule has 1 saturated heterocycles. The number of hydrogen-bond donors (Lipinski definition) is 2. The zero-order valence-electron chi connectivity index (χ0n) is 17.7. The van der Waals surface area contributed by atoms with Crippen LogP contribution in [0.4, 0.5) is 0 Å². The lowest BCUT2D eigenvalue weighted by Crippen LogP contribution is -2.47. The second kappa shape index (κ2) is 11.5. The standard InChI is InChI=1S/C23H34N6/c1-3-24-23(27-18-21-12-7-8-13-25-21)26-14-9-15-29-17-16-28(2)19-22(29)20-10-5-4-6-11-20/h4-8,10-13,22H,3,9,14-19H2,1-2H3,(H2,24,26,27). The first-order valence-corrected chi connectivity index (χ1v) is 10.7. The number of benzene rings is 1. The molecule has 0 spiro atoms. The predicted molar refractivity (Wildman–Crippen MR) is 120 cm³/mol. The largest absolute Gasteiger partial charge is 0.357 e. The lowest BCUT2D eigenvalue weighted by Gasteiger charge is -2.40. The summed E-state index contributed by atoms with van der Waals surface area (Å²) in [5.74, 6) is 0.858. The lowest BCUT2D eigenvalue weighted by atomic mass is 10.0. The van der Waals surface area contributed by atoms with Crippen molar-refractivity contribution in [1.29, 1.82) is 0 Å². The van der Waals surface area contributed by atoms with Crippen molar-refractivity contribution in [3.63, 3.8) is 0 Å². The number of guanidine groups is 1. The molecule has 0 aliphatic carbocycles. The van der Waals surface area contributed by atoms with Gasteiger partial charge in [0.05, 0.1) is 12.2 Å². The molecule has 1 fully saturated rings. The van der Waals surface area contributed by atoms with Gasteiger partial charge in [0.1, 0.15) is 0 Å². The third-order valence-corrected chi connectivity index (χ3v) is 5.26. The summed E-state index contributed by atoms with van der Waals surface area (Å²) < 4.78 is 0. The van der Waals surface area contributed by atoms with E-state index in [0.717, 1.165) is 57.3 Å². The van der Waals surface area contributed by atoms with Crippen LogP contribution in [-0.2, 0) is 6.54 Å². The number of likely N-dealkylation sites (N-methyl/N-ethyl adjacent to an activating group) is 1. The van der Waals surface area contributed by atoms with E-state index in [2.05, 4.69) is 74.7 Å². The molecule has 6 heteroatoms. The topological polar surface area (TPSA) is 55.8 Å². The molecule has 1 aliphatic heterocycles. The van der Waals surface area contributed by atoms with E-state index in [1.165, 1.54) is 5.56 Å². The average Bonchev–Trinajstić information content (AvgIpc) is 2.77. The van der Waals surface area contributed by atoms with Crippen molar-refractivity contribution < 1.29 is 0 Å². The van der Waals surface area contributed by atoms with Crippen LogP contribution in [0.3, 0.4) is 0 Å². The molecule has 0 amide bonds. The van der Waals surface area contributed by atoms with E-state index in [1.54, 1.807) is 0 Å². The number of rotatable bonds is 8. The molecule has 3 rings (SSSR count). The normalized spacial score (nSPS) is 18.6.